The van der Waals surface area contributed by atoms with Crippen LogP contribution in [0.15, 0.2) is 22.7 Å². The van der Waals surface area contributed by atoms with E-state index in [1.54, 1.807) is 6.07 Å². The number of carbonyl (C=O) groups excluding carboxylic acids is 1. The molecule has 1 N–H and O–H groups in total. The Bertz CT molecular complexity index is 431. The van der Waals surface area contributed by atoms with Gasteiger partial charge in [0, 0.05) is 16.8 Å². The molecular weight excluding hydrogens is 285 g/mol. The van der Waals surface area contributed by atoms with E-state index in [2.05, 4.69) is 21.2 Å². The third-order valence-corrected chi connectivity index (χ3v) is 4.17. The Labute approximate surface area is 109 Å². The summed E-state index contributed by atoms with van der Waals surface area (Å²) >= 11 is 3.34. The summed E-state index contributed by atoms with van der Waals surface area (Å²) in [5.41, 5.74) is 0.731. The summed E-state index contributed by atoms with van der Waals surface area (Å²) < 4.78 is 13.9. The van der Waals surface area contributed by atoms with E-state index in [1.807, 2.05) is 6.92 Å². The molecule has 0 spiro atoms. The van der Waals surface area contributed by atoms with Crippen molar-refractivity contribution in [2.75, 3.05) is 13.1 Å². The molecule has 0 aromatic heterocycles. The zero-order valence-corrected chi connectivity index (χ0v) is 11.3. The summed E-state index contributed by atoms with van der Waals surface area (Å²) in [6.07, 6.45) is 0.302. The van der Waals surface area contributed by atoms with Crippen molar-refractivity contribution in [3.63, 3.8) is 0 Å². The SMILES string of the molecule is CC(C(=O)Cc1cc(F)ccc1Br)C1CNC1. The van der Waals surface area contributed by atoms with Crippen LogP contribution < -0.4 is 5.32 Å². The summed E-state index contributed by atoms with van der Waals surface area (Å²) in [6.45, 7) is 3.79. The molecule has 0 amide bonds. The van der Waals surface area contributed by atoms with Crippen molar-refractivity contribution in [3.8, 4) is 0 Å². The van der Waals surface area contributed by atoms with Crippen molar-refractivity contribution in [1.82, 2.24) is 5.32 Å². The number of rotatable bonds is 4. The fraction of sp³-hybridized carbons (Fsp3) is 0.462. The third kappa shape index (κ3) is 2.93. The zero-order chi connectivity index (χ0) is 12.4. The van der Waals surface area contributed by atoms with Crippen LogP contribution in [0.25, 0.3) is 0 Å². The fourth-order valence-electron chi connectivity index (χ4n) is 1.95. The molecule has 0 aliphatic carbocycles. The maximum atomic E-state index is 13.1. The number of ketones is 1. The Morgan fingerprint density at radius 1 is 1.59 bits per heavy atom. The van der Waals surface area contributed by atoms with Crippen molar-refractivity contribution in [2.24, 2.45) is 11.8 Å². The highest BCUT2D eigenvalue weighted by molar-refractivity contribution is 9.10. The first-order valence-corrected chi connectivity index (χ1v) is 6.54. The molecule has 1 unspecified atom stereocenters. The van der Waals surface area contributed by atoms with Gasteiger partial charge in [-0.3, -0.25) is 4.79 Å². The molecule has 1 saturated heterocycles. The highest BCUT2D eigenvalue weighted by atomic mass is 79.9. The van der Waals surface area contributed by atoms with Gasteiger partial charge in [0.1, 0.15) is 11.6 Å². The summed E-state index contributed by atoms with van der Waals surface area (Å²) in [6, 6.07) is 4.46. The van der Waals surface area contributed by atoms with Gasteiger partial charge in [-0.25, -0.2) is 4.39 Å². The van der Waals surface area contributed by atoms with Gasteiger partial charge in [0.05, 0.1) is 0 Å². The van der Waals surface area contributed by atoms with Crippen LogP contribution in [0.3, 0.4) is 0 Å². The molecule has 1 heterocycles. The average Bonchev–Trinajstić information content (AvgIpc) is 2.21. The van der Waals surface area contributed by atoms with Crippen molar-refractivity contribution in [3.05, 3.63) is 34.1 Å². The predicted octanol–water partition coefficient (Wildman–Crippen LogP) is 2.56. The minimum Gasteiger partial charge on any atom is -0.316 e. The lowest BCUT2D eigenvalue weighted by Gasteiger charge is -2.31. The number of halogens is 2. The number of benzene rings is 1. The fourth-order valence-corrected chi connectivity index (χ4v) is 2.34. The highest BCUT2D eigenvalue weighted by Crippen LogP contribution is 2.23. The van der Waals surface area contributed by atoms with Gasteiger partial charge in [0.25, 0.3) is 0 Å². The van der Waals surface area contributed by atoms with Crippen LogP contribution in [0.2, 0.25) is 0 Å². The molecule has 0 bridgehead atoms. The molecule has 1 aromatic carbocycles. The van der Waals surface area contributed by atoms with Gasteiger partial charge < -0.3 is 5.32 Å². The van der Waals surface area contributed by atoms with Crippen LogP contribution >= 0.6 is 15.9 Å². The minimum atomic E-state index is -0.297. The average molecular weight is 300 g/mol. The van der Waals surface area contributed by atoms with Crippen molar-refractivity contribution in [2.45, 2.75) is 13.3 Å². The second-order valence-corrected chi connectivity index (χ2v) is 5.44. The molecule has 0 radical (unpaired) electrons. The number of nitrogens with one attached hydrogen (secondary N) is 1. The lowest BCUT2D eigenvalue weighted by Crippen LogP contribution is -2.47. The molecule has 2 rings (SSSR count). The van der Waals surface area contributed by atoms with E-state index >= 15 is 0 Å². The molecule has 2 nitrogen and oxygen atoms in total. The van der Waals surface area contributed by atoms with Gasteiger partial charge >= 0.3 is 0 Å². The maximum Gasteiger partial charge on any atom is 0.140 e. The van der Waals surface area contributed by atoms with Crippen LogP contribution in [-0.4, -0.2) is 18.9 Å². The second kappa shape index (κ2) is 5.27. The molecule has 92 valence electrons. The predicted molar refractivity (Wildman–Crippen MR) is 68.3 cm³/mol. The normalized spacial score (nSPS) is 17.6. The topological polar surface area (TPSA) is 29.1 Å². The lowest BCUT2D eigenvalue weighted by atomic mass is 9.84. The quantitative estimate of drug-likeness (QED) is 0.926. The van der Waals surface area contributed by atoms with Crippen LogP contribution in [-0.2, 0) is 11.2 Å². The Morgan fingerprint density at radius 3 is 2.88 bits per heavy atom. The van der Waals surface area contributed by atoms with E-state index in [-0.39, 0.29) is 17.5 Å². The molecule has 1 fully saturated rings. The Kier molecular flexibility index (Phi) is 3.94. The van der Waals surface area contributed by atoms with Gasteiger partial charge in [-0.2, -0.15) is 0 Å². The minimum absolute atomic E-state index is 0.0476. The highest BCUT2D eigenvalue weighted by Gasteiger charge is 2.28. The first kappa shape index (κ1) is 12.7. The maximum absolute atomic E-state index is 13.1. The molecule has 1 atom stereocenters. The van der Waals surface area contributed by atoms with Crippen LogP contribution in [0, 0.1) is 17.7 Å². The summed E-state index contributed by atoms with van der Waals surface area (Å²) in [7, 11) is 0. The van der Waals surface area contributed by atoms with E-state index in [0.29, 0.717) is 12.3 Å². The summed E-state index contributed by atoms with van der Waals surface area (Å²) in [4.78, 5) is 12.0. The van der Waals surface area contributed by atoms with Crippen molar-refractivity contribution >= 4 is 21.7 Å². The molecule has 1 aliphatic rings. The van der Waals surface area contributed by atoms with E-state index < -0.39 is 0 Å². The van der Waals surface area contributed by atoms with Gasteiger partial charge in [-0.1, -0.05) is 22.9 Å². The smallest absolute Gasteiger partial charge is 0.140 e. The van der Waals surface area contributed by atoms with E-state index in [4.69, 9.17) is 0 Å². The molecule has 1 aromatic rings. The Balaban J connectivity index is 2.04. The Morgan fingerprint density at radius 2 is 2.29 bits per heavy atom. The number of hydrogen-bond donors (Lipinski definition) is 1. The van der Waals surface area contributed by atoms with Gasteiger partial charge in [-0.05, 0) is 42.8 Å². The van der Waals surface area contributed by atoms with Crippen molar-refractivity contribution in [1.29, 1.82) is 0 Å². The standard InChI is InChI=1S/C13H15BrFNO/c1-8(10-6-16-7-10)13(17)5-9-4-11(15)2-3-12(9)14/h2-4,8,10,16H,5-7H2,1H3. The molecule has 17 heavy (non-hydrogen) atoms. The monoisotopic (exact) mass is 299 g/mol. The summed E-state index contributed by atoms with van der Waals surface area (Å²) in [5.74, 6) is 0.373. The number of Topliss-reactive ketones (excluding diaryl/α,β-unsaturated/α-hetero) is 1. The van der Waals surface area contributed by atoms with Crippen LogP contribution in [0.5, 0.6) is 0 Å². The van der Waals surface area contributed by atoms with Crippen molar-refractivity contribution < 1.29 is 9.18 Å². The van der Waals surface area contributed by atoms with Crippen LogP contribution in [0.4, 0.5) is 4.39 Å². The second-order valence-electron chi connectivity index (χ2n) is 4.59. The first-order valence-electron chi connectivity index (χ1n) is 5.75. The molecule has 4 heteroatoms. The largest absolute Gasteiger partial charge is 0.316 e. The van der Waals surface area contributed by atoms with Gasteiger partial charge in [-0.15, -0.1) is 0 Å². The molecular formula is C13H15BrFNO. The van der Waals surface area contributed by atoms with Gasteiger partial charge in [0.2, 0.25) is 0 Å². The third-order valence-electron chi connectivity index (χ3n) is 3.40. The molecule has 1 aliphatic heterocycles. The summed E-state index contributed by atoms with van der Waals surface area (Å²) in [5, 5.41) is 3.16. The zero-order valence-electron chi connectivity index (χ0n) is 9.67. The van der Waals surface area contributed by atoms with Gasteiger partial charge in [0.15, 0.2) is 0 Å². The molecule has 0 saturated carbocycles. The van der Waals surface area contributed by atoms with E-state index in [9.17, 15) is 9.18 Å². The number of hydrogen-bond acceptors (Lipinski definition) is 2. The van der Waals surface area contributed by atoms with E-state index in [1.165, 1.54) is 12.1 Å². The first-order chi connectivity index (χ1) is 8.08. The Hall–Kier alpha value is -0.740. The van der Waals surface area contributed by atoms with Crippen LogP contribution in [0.1, 0.15) is 12.5 Å². The lowest BCUT2D eigenvalue weighted by molar-refractivity contribution is -0.123. The van der Waals surface area contributed by atoms with E-state index in [0.717, 1.165) is 23.1 Å². The number of carbonyl (C=O) groups is 1.